The van der Waals surface area contributed by atoms with E-state index in [2.05, 4.69) is 5.32 Å². The van der Waals surface area contributed by atoms with Gasteiger partial charge >= 0.3 is 22.4 Å². The largest absolute Gasteiger partial charge is 1.00 e. The van der Waals surface area contributed by atoms with Crippen LogP contribution in [0, 0.1) is 6.92 Å². The molecule has 0 aliphatic heterocycles. The standard InChI is InChI=1S/C9H11NOS.Au.K/c1-6-3-8(10-7(2)11)5-9(12)4-6;;/h3-5,12H,1-2H3,(H,10,11);;/q;+1;/p-1. The second-order valence-electron chi connectivity index (χ2n) is 2.72. The van der Waals surface area contributed by atoms with Gasteiger partial charge < -0.3 is 17.9 Å². The maximum Gasteiger partial charge on any atom is 1.00 e. The zero-order chi connectivity index (χ0) is 9.14. The molecule has 5 heteroatoms. The van der Waals surface area contributed by atoms with Crippen molar-refractivity contribution in [2.45, 2.75) is 18.7 Å². The fraction of sp³-hybridized carbons (Fsp3) is 0.222. The normalized spacial score (nSPS) is 8.14. The third-order valence-electron chi connectivity index (χ3n) is 1.37. The molecular formula is C9H10AuKNOS. The summed E-state index contributed by atoms with van der Waals surface area (Å²) in [6, 6.07) is 5.54. The smallest absolute Gasteiger partial charge is 0.780 e. The van der Waals surface area contributed by atoms with Gasteiger partial charge in [0.15, 0.2) is 0 Å². The van der Waals surface area contributed by atoms with Gasteiger partial charge in [-0.3, -0.25) is 4.79 Å². The van der Waals surface area contributed by atoms with Crippen LogP contribution in [0.1, 0.15) is 12.5 Å². The van der Waals surface area contributed by atoms with Crippen molar-refractivity contribution >= 4 is 75.6 Å². The van der Waals surface area contributed by atoms with Crippen molar-refractivity contribution in [1.29, 1.82) is 0 Å². The second-order valence-corrected chi connectivity index (χ2v) is 3.19. The van der Waals surface area contributed by atoms with E-state index in [1.807, 2.05) is 19.1 Å². The molecule has 0 saturated heterocycles. The predicted octanol–water partition coefficient (Wildman–Crippen LogP) is 1.48. The van der Waals surface area contributed by atoms with Gasteiger partial charge in [-0.15, -0.1) is 0 Å². The molecule has 0 unspecified atom stereocenters. The first kappa shape index (κ1) is 17.7. The molecule has 0 heterocycles. The molecule has 1 amide bonds. The Morgan fingerprint density at radius 2 is 1.93 bits per heavy atom. The van der Waals surface area contributed by atoms with Crippen LogP contribution in [0.15, 0.2) is 23.1 Å². The van der Waals surface area contributed by atoms with Crippen LogP contribution in [-0.4, -0.2) is 57.3 Å². The summed E-state index contributed by atoms with van der Waals surface area (Å²) >= 11 is 4.99. The molecule has 0 aliphatic rings. The van der Waals surface area contributed by atoms with Crippen molar-refractivity contribution in [2.75, 3.05) is 5.32 Å². The van der Waals surface area contributed by atoms with Crippen LogP contribution < -0.4 is 5.32 Å². The average Bonchev–Trinajstić information content (AvgIpc) is 1.81. The molecule has 0 aromatic heterocycles. The number of benzene rings is 1. The Labute approximate surface area is 148 Å². The van der Waals surface area contributed by atoms with E-state index in [0.717, 1.165) is 16.1 Å². The summed E-state index contributed by atoms with van der Waals surface area (Å²) in [6.07, 6.45) is 0. The molecule has 2 nitrogen and oxygen atoms in total. The number of hydrogen-bond acceptors (Lipinski definition) is 2. The molecule has 0 atom stereocenters. The van der Waals surface area contributed by atoms with Crippen LogP contribution in [-0.2, 0) is 39.8 Å². The molecule has 0 fully saturated rings. The summed E-state index contributed by atoms with van der Waals surface area (Å²) in [5.74, 6) is -0.0741. The summed E-state index contributed by atoms with van der Waals surface area (Å²) < 4.78 is 0. The summed E-state index contributed by atoms with van der Waals surface area (Å²) in [5.41, 5.74) is 1.83. The Morgan fingerprint density at radius 3 is 2.36 bits per heavy atom. The van der Waals surface area contributed by atoms with E-state index in [-0.39, 0.29) is 79.7 Å². The molecule has 1 aromatic carbocycles. The second kappa shape index (κ2) is 8.44. The monoisotopic (exact) mass is 416 g/mol. The number of carbonyl (C=O) groups is 1. The van der Waals surface area contributed by atoms with Crippen molar-refractivity contribution in [3.63, 3.8) is 0 Å². The molecular weight excluding hydrogens is 406 g/mol. The van der Waals surface area contributed by atoms with Crippen LogP contribution in [0.25, 0.3) is 0 Å². The maximum absolute atomic E-state index is 10.7. The Balaban J connectivity index is 0. The minimum Gasteiger partial charge on any atom is -0.780 e. The average molecular weight is 416 g/mol. The van der Waals surface area contributed by atoms with Crippen molar-refractivity contribution in [3.05, 3.63) is 23.8 Å². The molecule has 0 spiro atoms. The summed E-state index contributed by atoms with van der Waals surface area (Å²) in [7, 11) is 0. The summed E-state index contributed by atoms with van der Waals surface area (Å²) in [4.78, 5) is 11.4. The molecule has 0 bridgehead atoms. The number of carbonyl (C=O) groups excluding carboxylic acids is 1. The number of rotatable bonds is 1. The Hall–Kier alpha value is 1.29. The molecule has 1 radical (unpaired) electrons. The number of hydrogen-bond donors (Lipinski definition) is 1. The van der Waals surface area contributed by atoms with E-state index in [4.69, 9.17) is 12.6 Å². The number of anilines is 1. The van der Waals surface area contributed by atoms with Gasteiger partial charge in [0, 0.05) is 64.0 Å². The van der Waals surface area contributed by atoms with Crippen molar-refractivity contribution in [3.8, 4) is 0 Å². The zero-order valence-electron chi connectivity index (χ0n) is 8.35. The maximum atomic E-state index is 10.7. The molecule has 14 heavy (non-hydrogen) atoms. The topological polar surface area (TPSA) is 29.1 Å². The van der Waals surface area contributed by atoms with Crippen LogP contribution in [0.5, 0.6) is 0 Å². The van der Waals surface area contributed by atoms with E-state index in [0.29, 0.717) is 0 Å². The van der Waals surface area contributed by atoms with Gasteiger partial charge in [0.25, 0.3) is 0 Å². The molecule has 1 N–H and O–H groups in total. The first-order valence-electron chi connectivity index (χ1n) is 3.64. The van der Waals surface area contributed by atoms with Crippen LogP contribution in [0.3, 0.4) is 0 Å². The molecule has 75 valence electrons. The third kappa shape index (κ3) is 6.71. The van der Waals surface area contributed by atoms with Crippen LogP contribution in [0.2, 0.25) is 0 Å². The zero-order valence-corrected chi connectivity index (χ0v) is 14.5. The van der Waals surface area contributed by atoms with Gasteiger partial charge in [-0.1, -0.05) is 17.7 Å². The van der Waals surface area contributed by atoms with Crippen molar-refractivity contribution in [2.24, 2.45) is 0 Å². The minimum absolute atomic E-state index is 0. The number of amides is 1. The van der Waals surface area contributed by atoms with Crippen molar-refractivity contribution in [1.82, 2.24) is 0 Å². The van der Waals surface area contributed by atoms with Gasteiger partial charge in [0.05, 0.1) is 0 Å². The van der Waals surface area contributed by atoms with E-state index in [1.54, 1.807) is 6.07 Å². The fourth-order valence-corrected chi connectivity index (χ4v) is 1.34. The Kier molecular flexibility index (Phi) is 10.7. The van der Waals surface area contributed by atoms with E-state index in [1.165, 1.54) is 6.92 Å². The molecule has 1 rings (SSSR count). The molecule has 0 aliphatic carbocycles. The Bertz CT molecular complexity index is 299. The first-order valence-corrected chi connectivity index (χ1v) is 4.05. The van der Waals surface area contributed by atoms with E-state index >= 15 is 0 Å². The molecule has 0 saturated carbocycles. The van der Waals surface area contributed by atoms with Crippen LogP contribution in [0.4, 0.5) is 5.69 Å². The van der Waals surface area contributed by atoms with E-state index < -0.39 is 0 Å². The SMILES string of the molecule is CC(=O)Nc1cc(C)cc([S-])c1.[Au+].[K]. The van der Waals surface area contributed by atoms with Gasteiger partial charge in [0.1, 0.15) is 0 Å². The number of nitrogens with one attached hydrogen (secondary N) is 1. The van der Waals surface area contributed by atoms with E-state index in [9.17, 15) is 4.79 Å². The Morgan fingerprint density at radius 1 is 1.36 bits per heavy atom. The predicted molar refractivity (Wildman–Crippen MR) is 56.9 cm³/mol. The minimum atomic E-state index is -0.0741. The third-order valence-corrected chi connectivity index (χ3v) is 1.61. The van der Waals surface area contributed by atoms with Gasteiger partial charge in [-0.05, 0) is 13.0 Å². The summed E-state index contributed by atoms with van der Waals surface area (Å²) in [6.45, 7) is 3.42. The molecule has 1 aromatic rings. The fourth-order valence-electron chi connectivity index (χ4n) is 1.02. The van der Waals surface area contributed by atoms with Gasteiger partial charge in [0.2, 0.25) is 5.91 Å². The summed E-state index contributed by atoms with van der Waals surface area (Å²) in [5, 5.41) is 2.68. The quantitative estimate of drug-likeness (QED) is 0.555. The van der Waals surface area contributed by atoms with Crippen LogP contribution >= 0.6 is 0 Å². The number of aryl methyl sites for hydroxylation is 1. The first-order chi connectivity index (χ1) is 5.58. The van der Waals surface area contributed by atoms with Gasteiger partial charge in [-0.2, -0.15) is 4.90 Å². The van der Waals surface area contributed by atoms with Gasteiger partial charge in [-0.25, -0.2) is 0 Å². The van der Waals surface area contributed by atoms with Crippen molar-refractivity contribution < 1.29 is 27.2 Å².